The average Bonchev–Trinajstić information content (AvgIpc) is 3.21. The van der Waals surface area contributed by atoms with Gasteiger partial charge >= 0.3 is 0 Å². The monoisotopic (exact) mass is 449 g/mol. The zero-order chi connectivity index (χ0) is 22.7. The molecule has 0 aliphatic rings. The lowest BCUT2D eigenvalue weighted by molar-refractivity contribution is 0.0963. The molecule has 4 aromatic rings. The number of hydrogen-bond donors (Lipinski definition) is 2. The molecular weight excluding hydrogens is 426 g/mol. The fraction of sp³-hybridized carbons (Fsp3) is 0.182. The van der Waals surface area contributed by atoms with Crippen LogP contribution in [0.5, 0.6) is 0 Å². The van der Waals surface area contributed by atoms with E-state index in [1.165, 1.54) is 0 Å². The summed E-state index contributed by atoms with van der Waals surface area (Å²) in [5, 5.41) is 6.87. The third-order valence-electron chi connectivity index (χ3n) is 5.06. The highest BCUT2D eigenvalue weighted by atomic mass is 32.2. The lowest BCUT2D eigenvalue weighted by Crippen LogP contribution is -2.22. The number of anilines is 3. The molecule has 0 aliphatic heterocycles. The molecule has 9 nitrogen and oxygen atoms in total. The number of pyridine rings is 1. The van der Waals surface area contributed by atoms with Gasteiger partial charge in [0.1, 0.15) is 22.5 Å². The van der Waals surface area contributed by atoms with Crippen LogP contribution in [0.25, 0.3) is 10.9 Å². The normalized spacial score (nSPS) is 11.8. The van der Waals surface area contributed by atoms with Crippen molar-refractivity contribution in [2.24, 2.45) is 0 Å². The number of aromatic nitrogens is 4. The quantitative estimate of drug-likeness (QED) is 0.450. The van der Waals surface area contributed by atoms with Gasteiger partial charge in [0.25, 0.3) is 5.91 Å². The van der Waals surface area contributed by atoms with Crippen LogP contribution in [0.3, 0.4) is 0 Å². The van der Waals surface area contributed by atoms with Gasteiger partial charge < -0.3 is 15.2 Å². The molecule has 0 fully saturated rings. The van der Waals surface area contributed by atoms with Crippen molar-refractivity contribution in [3.8, 4) is 0 Å². The average molecular weight is 450 g/mol. The van der Waals surface area contributed by atoms with Gasteiger partial charge in [0, 0.05) is 67.8 Å². The number of rotatable bonds is 7. The summed E-state index contributed by atoms with van der Waals surface area (Å²) in [6.07, 6.45) is 8.60. The second kappa shape index (κ2) is 9.15. The predicted molar refractivity (Wildman–Crippen MR) is 126 cm³/mol. The van der Waals surface area contributed by atoms with Crippen LogP contribution >= 0.6 is 0 Å². The minimum Gasteiger partial charge on any atom is -0.355 e. The van der Waals surface area contributed by atoms with Crippen LogP contribution in [0.2, 0.25) is 0 Å². The fourth-order valence-corrected chi connectivity index (χ4v) is 3.70. The molecule has 0 saturated heterocycles. The molecule has 0 radical (unpaired) electrons. The van der Waals surface area contributed by atoms with Crippen molar-refractivity contribution in [1.29, 1.82) is 0 Å². The van der Waals surface area contributed by atoms with E-state index in [9.17, 15) is 9.00 Å². The van der Waals surface area contributed by atoms with Crippen molar-refractivity contribution in [1.82, 2.24) is 24.8 Å². The summed E-state index contributed by atoms with van der Waals surface area (Å²) < 4.78 is 15.6. The van der Waals surface area contributed by atoms with E-state index in [1.54, 1.807) is 55.4 Å². The first kappa shape index (κ1) is 21.4. The summed E-state index contributed by atoms with van der Waals surface area (Å²) >= 11 is 0. The number of nitrogens with zero attached hydrogens (tertiary/aromatic N) is 5. The minimum atomic E-state index is -1.20. The molecule has 3 heterocycles. The van der Waals surface area contributed by atoms with Gasteiger partial charge in [0.2, 0.25) is 0 Å². The van der Waals surface area contributed by atoms with E-state index in [-0.39, 0.29) is 5.91 Å². The van der Waals surface area contributed by atoms with Crippen molar-refractivity contribution in [2.45, 2.75) is 6.54 Å². The molecule has 1 unspecified atom stereocenters. The van der Waals surface area contributed by atoms with E-state index in [0.29, 0.717) is 23.7 Å². The second-order valence-corrected chi connectivity index (χ2v) is 8.50. The second-order valence-electron chi connectivity index (χ2n) is 7.10. The number of carbonyl (C=O) groups is 1. The molecule has 0 aliphatic carbocycles. The summed E-state index contributed by atoms with van der Waals surface area (Å²) in [4.78, 5) is 25.0. The summed E-state index contributed by atoms with van der Waals surface area (Å²) in [7, 11) is 2.14. The Morgan fingerprint density at radius 2 is 1.88 bits per heavy atom. The molecule has 1 aromatic carbocycles. The molecule has 3 aromatic heterocycles. The Bertz CT molecular complexity index is 1290. The summed E-state index contributed by atoms with van der Waals surface area (Å²) in [5.74, 6) is 1.13. The van der Waals surface area contributed by atoms with E-state index in [2.05, 4.69) is 30.2 Å². The maximum absolute atomic E-state index is 11.9. The number of carbonyl (C=O) groups excluding carboxylic acids is 1. The third kappa shape index (κ3) is 4.45. The molecule has 0 spiro atoms. The van der Waals surface area contributed by atoms with Gasteiger partial charge in [0.15, 0.2) is 5.82 Å². The van der Waals surface area contributed by atoms with Gasteiger partial charge in [-0.2, -0.15) is 0 Å². The molecule has 0 bridgehead atoms. The first-order valence-electron chi connectivity index (χ1n) is 9.87. The van der Waals surface area contributed by atoms with Crippen LogP contribution in [-0.2, 0) is 17.5 Å². The van der Waals surface area contributed by atoms with Crippen molar-refractivity contribution < 1.29 is 9.00 Å². The molecule has 2 N–H and O–H groups in total. The van der Waals surface area contributed by atoms with Crippen LogP contribution in [0, 0.1) is 0 Å². The Balaban J connectivity index is 1.60. The highest BCUT2D eigenvalue weighted by Crippen LogP contribution is 2.24. The van der Waals surface area contributed by atoms with Crippen LogP contribution in [0.4, 0.5) is 17.3 Å². The minimum absolute atomic E-state index is 0.130. The van der Waals surface area contributed by atoms with Crippen molar-refractivity contribution in [3.05, 3.63) is 72.4 Å². The Morgan fingerprint density at radius 3 is 2.59 bits per heavy atom. The first-order chi connectivity index (χ1) is 15.5. The van der Waals surface area contributed by atoms with Gasteiger partial charge in [-0.1, -0.05) is 0 Å². The van der Waals surface area contributed by atoms with Crippen LogP contribution in [-0.4, -0.2) is 50.0 Å². The highest BCUT2D eigenvalue weighted by molar-refractivity contribution is 7.85. The number of fused-ring (bicyclic) bond motifs is 1. The molecule has 1 amide bonds. The molecule has 164 valence electrons. The lowest BCUT2D eigenvalue weighted by Gasteiger charge is -2.17. The predicted octanol–water partition coefficient (Wildman–Crippen LogP) is 2.71. The summed E-state index contributed by atoms with van der Waals surface area (Å²) in [6.45, 7) is 0.471. The van der Waals surface area contributed by atoms with E-state index >= 15 is 0 Å². The van der Waals surface area contributed by atoms with Crippen LogP contribution in [0.15, 0.2) is 61.2 Å². The van der Waals surface area contributed by atoms with Crippen LogP contribution < -0.4 is 14.9 Å². The van der Waals surface area contributed by atoms with Gasteiger partial charge in [-0.05, 0) is 30.3 Å². The zero-order valence-corrected chi connectivity index (χ0v) is 18.8. The Kier molecular flexibility index (Phi) is 6.13. The molecular formula is C22H23N7O2S. The number of benzene rings is 1. The SMILES string of the molecule is CNC(=O)c1ccc(Nc2cc3c(ccn3Cc3nccnc3N(C)S(C)=O)cn2)cc1. The Hall–Kier alpha value is -3.79. The van der Waals surface area contributed by atoms with Gasteiger partial charge in [0.05, 0.1) is 12.1 Å². The van der Waals surface area contributed by atoms with E-state index < -0.39 is 11.0 Å². The van der Waals surface area contributed by atoms with E-state index in [1.807, 2.05) is 30.5 Å². The van der Waals surface area contributed by atoms with E-state index in [4.69, 9.17) is 0 Å². The van der Waals surface area contributed by atoms with Crippen molar-refractivity contribution in [2.75, 3.05) is 30.0 Å². The Labute approximate surface area is 188 Å². The number of hydrogen-bond acceptors (Lipinski definition) is 6. The highest BCUT2D eigenvalue weighted by Gasteiger charge is 2.14. The third-order valence-corrected chi connectivity index (χ3v) is 6.00. The molecule has 0 saturated carbocycles. The molecule has 1 atom stereocenters. The number of amides is 1. The van der Waals surface area contributed by atoms with Gasteiger partial charge in [-0.15, -0.1) is 0 Å². The maximum Gasteiger partial charge on any atom is 0.251 e. The van der Waals surface area contributed by atoms with Crippen molar-refractivity contribution in [3.63, 3.8) is 0 Å². The van der Waals surface area contributed by atoms with Crippen LogP contribution in [0.1, 0.15) is 16.1 Å². The maximum atomic E-state index is 11.9. The molecule has 32 heavy (non-hydrogen) atoms. The fourth-order valence-electron chi connectivity index (χ4n) is 3.30. The Morgan fingerprint density at radius 1 is 1.12 bits per heavy atom. The zero-order valence-electron chi connectivity index (χ0n) is 17.9. The summed E-state index contributed by atoms with van der Waals surface area (Å²) in [5.41, 5.74) is 3.11. The first-order valence-corrected chi connectivity index (χ1v) is 11.4. The lowest BCUT2D eigenvalue weighted by atomic mass is 10.2. The number of nitrogens with one attached hydrogen (secondary N) is 2. The topological polar surface area (TPSA) is 105 Å². The van der Waals surface area contributed by atoms with Gasteiger partial charge in [-0.25, -0.2) is 14.2 Å². The van der Waals surface area contributed by atoms with Crippen molar-refractivity contribution >= 4 is 45.1 Å². The standard InChI is InChI=1S/C22H23N7O2S/c1-23-22(30)15-4-6-17(7-5-15)27-20-12-19-16(13-26-20)8-11-29(19)14-18-21(25-10-9-24-18)28(2)32(3)31/h4-13H,14H2,1-3H3,(H,23,30)(H,26,27). The largest absolute Gasteiger partial charge is 0.355 e. The van der Waals surface area contributed by atoms with Gasteiger partial charge in [-0.3, -0.25) is 14.1 Å². The molecule has 4 rings (SSSR count). The smallest absolute Gasteiger partial charge is 0.251 e. The molecule has 10 heteroatoms. The van der Waals surface area contributed by atoms with E-state index in [0.717, 1.165) is 22.3 Å². The summed E-state index contributed by atoms with van der Waals surface area (Å²) in [6, 6.07) is 11.1.